The Kier molecular flexibility index (Phi) is 4.30. The third-order valence-electron chi connectivity index (χ3n) is 3.39. The van der Waals surface area contributed by atoms with Crippen molar-refractivity contribution >= 4 is 17.2 Å². The molecule has 0 radical (unpaired) electrons. The van der Waals surface area contributed by atoms with Crippen molar-refractivity contribution in [1.29, 1.82) is 0 Å². The number of carbonyl (C=O) groups is 1. The van der Waals surface area contributed by atoms with Crippen molar-refractivity contribution in [2.75, 3.05) is 0 Å². The number of aromatic nitrogens is 1. The fraction of sp³-hybridized carbons (Fsp3) is 0.111. The van der Waals surface area contributed by atoms with Gasteiger partial charge in [0.2, 0.25) is 0 Å². The summed E-state index contributed by atoms with van der Waals surface area (Å²) in [5.74, 6) is -0.0626. The van der Waals surface area contributed by atoms with Crippen molar-refractivity contribution in [3.63, 3.8) is 0 Å². The maximum atomic E-state index is 12.2. The molecule has 0 aliphatic carbocycles. The second-order valence-electron chi connectivity index (χ2n) is 5.01. The molecule has 22 heavy (non-hydrogen) atoms. The molecule has 1 aromatic heterocycles. The van der Waals surface area contributed by atoms with Gasteiger partial charge in [0.25, 0.3) is 5.91 Å². The zero-order chi connectivity index (χ0) is 15.4. The molecule has 4 heteroatoms. The van der Waals surface area contributed by atoms with Crippen LogP contribution in [0.25, 0.3) is 10.6 Å². The van der Waals surface area contributed by atoms with Crippen LogP contribution in [0.2, 0.25) is 0 Å². The summed E-state index contributed by atoms with van der Waals surface area (Å²) >= 11 is 1.59. The van der Waals surface area contributed by atoms with Crippen LogP contribution < -0.4 is 5.32 Å². The quantitative estimate of drug-likeness (QED) is 0.790. The summed E-state index contributed by atoms with van der Waals surface area (Å²) in [5, 5.41) is 5.89. The number of rotatable bonds is 4. The molecule has 0 unspecified atom stereocenters. The molecule has 1 heterocycles. The smallest absolute Gasteiger partial charge is 0.251 e. The Morgan fingerprint density at radius 1 is 1.09 bits per heavy atom. The van der Waals surface area contributed by atoms with E-state index in [-0.39, 0.29) is 5.91 Å². The predicted octanol–water partition coefficient (Wildman–Crippen LogP) is 4.05. The summed E-state index contributed by atoms with van der Waals surface area (Å²) in [4.78, 5) is 16.8. The molecule has 0 saturated heterocycles. The van der Waals surface area contributed by atoms with Crippen molar-refractivity contribution in [2.45, 2.75) is 13.5 Å². The zero-order valence-electron chi connectivity index (χ0n) is 12.2. The lowest BCUT2D eigenvalue weighted by molar-refractivity contribution is 0.0950. The second kappa shape index (κ2) is 6.54. The van der Waals surface area contributed by atoms with Crippen LogP contribution in [-0.2, 0) is 6.54 Å². The van der Waals surface area contributed by atoms with Crippen LogP contribution in [0.3, 0.4) is 0 Å². The lowest BCUT2D eigenvalue weighted by atomic mass is 10.1. The Balaban J connectivity index is 1.67. The molecule has 1 N–H and O–H groups in total. The van der Waals surface area contributed by atoms with E-state index in [0.29, 0.717) is 12.1 Å². The minimum atomic E-state index is -0.0626. The largest absolute Gasteiger partial charge is 0.346 e. The van der Waals surface area contributed by atoms with Gasteiger partial charge in [-0.05, 0) is 18.6 Å². The van der Waals surface area contributed by atoms with Crippen molar-refractivity contribution in [2.24, 2.45) is 0 Å². The molecule has 110 valence electrons. The fourth-order valence-corrected chi connectivity index (χ4v) is 3.02. The Morgan fingerprint density at radius 2 is 1.82 bits per heavy atom. The molecule has 0 fully saturated rings. The van der Waals surface area contributed by atoms with Crippen molar-refractivity contribution in [3.8, 4) is 10.6 Å². The number of benzene rings is 2. The molecule has 0 bridgehead atoms. The van der Waals surface area contributed by atoms with Gasteiger partial charge in [-0.25, -0.2) is 4.98 Å². The molecule has 0 aliphatic rings. The van der Waals surface area contributed by atoms with Gasteiger partial charge >= 0.3 is 0 Å². The highest BCUT2D eigenvalue weighted by molar-refractivity contribution is 7.13. The van der Waals surface area contributed by atoms with Gasteiger partial charge in [0, 0.05) is 16.5 Å². The lowest BCUT2D eigenvalue weighted by Crippen LogP contribution is -2.23. The van der Waals surface area contributed by atoms with Gasteiger partial charge in [0.05, 0.1) is 12.2 Å². The summed E-state index contributed by atoms with van der Waals surface area (Å²) in [6.07, 6.45) is 0. The maximum Gasteiger partial charge on any atom is 0.251 e. The van der Waals surface area contributed by atoms with E-state index in [1.165, 1.54) is 0 Å². The number of hydrogen-bond acceptors (Lipinski definition) is 3. The molecule has 3 nitrogen and oxygen atoms in total. The van der Waals surface area contributed by atoms with Crippen molar-refractivity contribution in [3.05, 3.63) is 76.8 Å². The Hall–Kier alpha value is -2.46. The van der Waals surface area contributed by atoms with Gasteiger partial charge in [-0.1, -0.05) is 48.5 Å². The third kappa shape index (κ3) is 3.23. The first-order valence-electron chi connectivity index (χ1n) is 7.07. The molecule has 0 aliphatic heterocycles. The molecule has 2 aromatic carbocycles. The standard InChI is InChI=1S/C18H16N2OS/c1-13-7-5-6-10-16(13)17(21)19-11-15-12-22-18(20-15)14-8-3-2-4-9-14/h2-10,12H,11H2,1H3,(H,19,21). The van der Waals surface area contributed by atoms with Crippen molar-refractivity contribution < 1.29 is 4.79 Å². The first-order valence-corrected chi connectivity index (χ1v) is 7.95. The van der Waals surface area contributed by atoms with Crippen molar-refractivity contribution in [1.82, 2.24) is 10.3 Å². The zero-order valence-corrected chi connectivity index (χ0v) is 13.1. The highest BCUT2D eigenvalue weighted by Crippen LogP contribution is 2.23. The van der Waals surface area contributed by atoms with E-state index in [1.807, 2.05) is 66.9 Å². The first-order chi connectivity index (χ1) is 10.7. The number of amides is 1. The van der Waals surface area contributed by atoms with Gasteiger partial charge < -0.3 is 5.32 Å². The van der Waals surface area contributed by atoms with Crippen LogP contribution >= 0.6 is 11.3 Å². The van der Waals surface area contributed by atoms with Crippen LogP contribution in [0.1, 0.15) is 21.6 Å². The average Bonchev–Trinajstić information content (AvgIpc) is 3.03. The normalized spacial score (nSPS) is 10.4. The van der Waals surface area contributed by atoms with E-state index in [4.69, 9.17) is 0 Å². The lowest BCUT2D eigenvalue weighted by Gasteiger charge is -2.05. The Labute approximate surface area is 133 Å². The fourth-order valence-electron chi connectivity index (χ4n) is 2.20. The maximum absolute atomic E-state index is 12.2. The molecule has 0 atom stereocenters. The third-order valence-corrected chi connectivity index (χ3v) is 4.33. The minimum absolute atomic E-state index is 0.0626. The Bertz CT molecular complexity index is 781. The molecule has 1 amide bonds. The van der Waals surface area contributed by atoms with E-state index in [0.717, 1.165) is 21.8 Å². The predicted molar refractivity (Wildman–Crippen MR) is 89.9 cm³/mol. The molecule has 0 spiro atoms. The number of carbonyl (C=O) groups excluding carboxylic acids is 1. The summed E-state index contributed by atoms with van der Waals surface area (Å²) in [6.45, 7) is 2.38. The first kappa shape index (κ1) is 14.5. The topological polar surface area (TPSA) is 42.0 Å². The Morgan fingerprint density at radius 3 is 2.59 bits per heavy atom. The molecular weight excluding hydrogens is 292 g/mol. The molecule has 3 aromatic rings. The van der Waals surface area contributed by atoms with Gasteiger partial charge in [-0.2, -0.15) is 0 Å². The average molecular weight is 308 g/mol. The summed E-state index contributed by atoms with van der Waals surface area (Å²) in [7, 11) is 0. The van der Waals surface area contributed by atoms with Gasteiger partial charge in [-0.3, -0.25) is 4.79 Å². The van der Waals surface area contributed by atoms with Crippen LogP contribution in [0, 0.1) is 6.92 Å². The number of thiazole rings is 1. The van der Waals surface area contributed by atoms with Gasteiger partial charge in [-0.15, -0.1) is 11.3 Å². The minimum Gasteiger partial charge on any atom is -0.346 e. The van der Waals surface area contributed by atoms with E-state index in [1.54, 1.807) is 11.3 Å². The molecular formula is C18H16N2OS. The van der Waals surface area contributed by atoms with E-state index < -0.39 is 0 Å². The second-order valence-corrected chi connectivity index (χ2v) is 5.87. The summed E-state index contributed by atoms with van der Waals surface area (Å²) < 4.78 is 0. The molecule has 3 rings (SSSR count). The number of hydrogen-bond donors (Lipinski definition) is 1. The van der Waals surface area contributed by atoms with Gasteiger partial charge in [0.15, 0.2) is 0 Å². The summed E-state index contributed by atoms with van der Waals surface area (Å²) in [5.41, 5.74) is 3.67. The van der Waals surface area contributed by atoms with Crippen LogP contribution in [0.4, 0.5) is 0 Å². The number of aryl methyl sites for hydroxylation is 1. The van der Waals surface area contributed by atoms with E-state index >= 15 is 0 Å². The van der Waals surface area contributed by atoms with E-state index in [9.17, 15) is 4.79 Å². The van der Waals surface area contributed by atoms with Crippen LogP contribution in [0.15, 0.2) is 60.0 Å². The highest BCUT2D eigenvalue weighted by Gasteiger charge is 2.09. The van der Waals surface area contributed by atoms with Gasteiger partial charge in [0.1, 0.15) is 5.01 Å². The van der Waals surface area contributed by atoms with E-state index in [2.05, 4.69) is 10.3 Å². The number of nitrogens with zero attached hydrogens (tertiary/aromatic N) is 1. The van der Waals surface area contributed by atoms with Crippen LogP contribution in [-0.4, -0.2) is 10.9 Å². The van der Waals surface area contributed by atoms with Crippen LogP contribution in [0.5, 0.6) is 0 Å². The number of nitrogens with one attached hydrogen (secondary N) is 1. The monoisotopic (exact) mass is 308 g/mol. The highest BCUT2D eigenvalue weighted by atomic mass is 32.1. The molecule has 0 saturated carbocycles. The SMILES string of the molecule is Cc1ccccc1C(=O)NCc1csc(-c2ccccc2)n1. The summed E-state index contributed by atoms with van der Waals surface area (Å²) in [6, 6.07) is 17.6.